The molecule has 0 atom stereocenters. The third-order valence-corrected chi connectivity index (χ3v) is 2.22. The number of carbonyl (C=O) groups excluding carboxylic acids is 1. The molecule has 0 aliphatic carbocycles. The van der Waals surface area contributed by atoms with Gasteiger partial charge in [-0.25, -0.2) is 4.79 Å². The van der Waals surface area contributed by atoms with Gasteiger partial charge >= 0.3 is 12.1 Å². The summed E-state index contributed by atoms with van der Waals surface area (Å²) in [5.74, 6) is -1.87. The maximum atomic E-state index is 12.0. The van der Waals surface area contributed by atoms with Gasteiger partial charge in [0, 0.05) is 18.2 Å². The molecule has 0 radical (unpaired) electrons. The Bertz CT molecular complexity index is 524. The number of carboxylic acids is 1. The van der Waals surface area contributed by atoms with E-state index in [1.807, 2.05) is 0 Å². The Hall–Kier alpha value is -2.31. The standard InChI is InChI=1S/C13H12F3NO3/c14-13(15,16)7-6-11(18)17-10-3-1-2-9(8-10)4-5-12(19)20/h1-5,8H,6-7H2,(H,17,18)(H,19,20). The van der Waals surface area contributed by atoms with Gasteiger partial charge in [-0.3, -0.25) is 4.79 Å². The highest BCUT2D eigenvalue weighted by Gasteiger charge is 2.27. The predicted octanol–water partition coefficient (Wildman–Crippen LogP) is 3.07. The maximum Gasteiger partial charge on any atom is 0.389 e. The minimum Gasteiger partial charge on any atom is -0.478 e. The molecule has 7 heteroatoms. The molecule has 0 heterocycles. The van der Waals surface area contributed by atoms with Crippen molar-refractivity contribution in [1.29, 1.82) is 0 Å². The third kappa shape index (κ3) is 6.58. The number of halogens is 3. The van der Waals surface area contributed by atoms with Crippen LogP contribution in [-0.2, 0) is 9.59 Å². The minimum absolute atomic E-state index is 0.310. The zero-order chi connectivity index (χ0) is 15.2. The number of aliphatic carboxylic acids is 1. The molecule has 0 fully saturated rings. The van der Waals surface area contributed by atoms with Crippen molar-refractivity contribution in [3.63, 3.8) is 0 Å². The van der Waals surface area contributed by atoms with Crippen molar-refractivity contribution in [3.8, 4) is 0 Å². The lowest BCUT2D eigenvalue weighted by molar-refractivity contribution is -0.142. The molecule has 0 aliphatic heterocycles. The summed E-state index contributed by atoms with van der Waals surface area (Å²) in [4.78, 5) is 21.7. The second kappa shape index (κ2) is 6.74. The molecule has 0 aliphatic rings. The summed E-state index contributed by atoms with van der Waals surface area (Å²) in [6, 6.07) is 6.13. The molecule has 0 unspecified atom stereocenters. The molecule has 0 spiro atoms. The van der Waals surface area contributed by atoms with Crippen LogP contribution >= 0.6 is 0 Å². The summed E-state index contributed by atoms with van der Waals surface area (Å²) >= 11 is 0. The van der Waals surface area contributed by atoms with Gasteiger partial charge in [0.15, 0.2) is 0 Å². The van der Waals surface area contributed by atoms with Gasteiger partial charge in [0.05, 0.1) is 6.42 Å². The van der Waals surface area contributed by atoms with Gasteiger partial charge in [0.1, 0.15) is 0 Å². The van der Waals surface area contributed by atoms with E-state index in [4.69, 9.17) is 5.11 Å². The molecule has 0 saturated heterocycles. The van der Waals surface area contributed by atoms with E-state index in [1.54, 1.807) is 12.1 Å². The fourth-order valence-corrected chi connectivity index (χ4v) is 1.37. The first-order valence-electron chi connectivity index (χ1n) is 5.64. The van der Waals surface area contributed by atoms with E-state index in [1.165, 1.54) is 18.2 Å². The number of rotatable bonds is 5. The number of alkyl halides is 3. The number of carboxylic acid groups (broad SMARTS) is 1. The van der Waals surface area contributed by atoms with E-state index >= 15 is 0 Å². The van der Waals surface area contributed by atoms with E-state index in [0.717, 1.165) is 6.08 Å². The average Bonchev–Trinajstić information content (AvgIpc) is 2.34. The van der Waals surface area contributed by atoms with Crippen molar-refractivity contribution in [1.82, 2.24) is 0 Å². The van der Waals surface area contributed by atoms with Crippen molar-refractivity contribution in [3.05, 3.63) is 35.9 Å². The number of nitrogens with one attached hydrogen (secondary N) is 1. The molecule has 108 valence electrons. The first-order chi connectivity index (χ1) is 9.26. The molecule has 1 aromatic carbocycles. The zero-order valence-electron chi connectivity index (χ0n) is 10.3. The number of amides is 1. The van der Waals surface area contributed by atoms with Gasteiger partial charge in [-0.15, -0.1) is 0 Å². The van der Waals surface area contributed by atoms with Crippen LogP contribution in [0, 0.1) is 0 Å². The molecule has 4 nitrogen and oxygen atoms in total. The SMILES string of the molecule is O=C(O)C=Cc1cccc(NC(=O)CCC(F)(F)F)c1. The van der Waals surface area contributed by atoms with Crippen LogP contribution in [0.3, 0.4) is 0 Å². The number of hydrogen-bond donors (Lipinski definition) is 2. The first kappa shape index (κ1) is 15.7. The summed E-state index contributed by atoms with van der Waals surface area (Å²) in [5.41, 5.74) is 0.825. The molecular formula is C13H12F3NO3. The normalized spacial score (nSPS) is 11.6. The average molecular weight is 287 g/mol. The predicted molar refractivity (Wildman–Crippen MR) is 67.0 cm³/mol. The molecule has 0 bridgehead atoms. The Kier molecular flexibility index (Phi) is 5.31. The fraction of sp³-hybridized carbons (Fsp3) is 0.231. The molecule has 0 aromatic heterocycles. The summed E-state index contributed by atoms with van der Waals surface area (Å²) in [5, 5.41) is 10.8. The third-order valence-electron chi connectivity index (χ3n) is 2.22. The Labute approximate surface area is 112 Å². The van der Waals surface area contributed by atoms with Gasteiger partial charge in [-0.1, -0.05) is 12.1 Å². The summed E-state index contributed by atoms with van der Waals surface area (Å²) < 4.78 is 35.9. The fourth-order valence-electron chi connectivity index (χ4n) is 1.37. The maximum absolute atomic E-state index is 12.0. The van der Waals surface area contributed by atoms with Crippen LogP contribution in [-0.4, -0.2) is 23.2 Å². The Balaban J connectivity index is 2.62. The smallest absolute Gasteiger partial charge is 0.389 e. The lowest BCUT2D eigenvalue weighted by Crippen LogP contribution is -2.16. The lowest BCUT2D eigenvalue weighted by Gasteiger charge is -2.08. The molecular weight excluding hydrogens is 275 g/mol. The van der Waals surface area contributed by atoms with E-state index in [-0.39, 0.29) is 0 Å². The van der Waals surface area contributed by atoms with Crippen LogP contribution in [0.2, 0.25) is 0 Å². The van der Waals surface area contributed by atoms with Crippen molar-refractivity contribution >= 4 is 23.6 Å². The van der Waals surface area contributed by atoms with Crippen LogP contribution in [0.15, 0.2) is 30.3 Å². The second-order valence-electron chi connectivity index (χ2n) is 3.96. The lowest BCUT2D eigenvalue weighted by atomic mass is 10.2. The first-order valence-corrected chi connectivity index (χ1v) is 5.64. The molecule has 1 aromatic rings. The number of carbonyl (C=O) groups is 2. The second-order valence-corrected chi connectivity index (χ2v) is 3.96. The summed E-state index contributed by atoms with van der Waals surface area (Å²) in [6.45, 7) is 0. The van der Waals surface area contributed by atoms with E-state index in [9.17, 15) is 22.8 Å². The number of benzene rings is 1. The zero-order valence-corrected chi connectivity index (χ0v) is 10.3. The van der Waals surface area contributed by atoms with Crippen LogP contribution in [0.25, 0.3) is 6.08 Å². The molecule has 20 heavy (non-hydrogen) atoms. The van der Waals surface area contributed by atoms with Crippen molar-refractivity contribution in [2.75, 3.05) is 5.32 Å². The number of hydrogen-bond acceptors (Lipinski definition) is 2. The summed E-state index contributed by atoms with van der Waals surface area (Å²) in [6.07, 6.45) is -3.97. The topological polar surface area (TPSA) is 66.4 Å². The highest BCUT2D eigenvalue weighted by atomic mass is 19.4. The molecule has 0 saturated carbocycles. The van der Waals surface area contributed by atoms with E-state index in [2.05, 4.69) is 5.32 Å². The Morgan fingerprint density at radius 2 is 2.00 bits per heavy atom. The molecule has 1 rings (SSSR count). The van der Waals surface area contributed by atoms with Crippen LogP contribution in [0.4, 0.5) is 18.9 Å². The Morgan fingerprint density at radius 1 is 1.30 bits per heavy atom. The minimum atomic E-state index is -4.37. The summed E-state index contributed by atoms with van der Waals surface area (Å²) in [7, 11) is 0. The van der Waals surface area contributed by atoms with Crippen molar-refractivity contribution in [2.45, 2.75) is 19.0 Å². The number of anilines is 1. The highest BCUT2D eigenvalue weighted by Crippen LogP contribution is 2.21. The van der Waals surface area contributed by atoms with Gasteiger partial charge < -0.3 is 10.4 Å². The van der Waals surface area contributed by atoms with Crippen LogP contribution in [0.1, 0.15) is 18.4 Å². The van der Waals surface area contributed by atoms with E-state index < -0.39 is 30.9 Å². The Morgan fingerprint density at radius 3 is 2.60 bits per heavy atom. The van der Waals surface area contributed by atoms with Crippen LogP contribution < -0.4 is 5.32 Å². The quantitative estimate of drug-likeness (QED) is 0.818. The molecule has 2 N–H and O–H groups in total. The van der Waals surface area contributed by atoms with Gasteiger partial charge in [-0.2, -0.15) is 13.2 Å². The highest BCUT2D eigenvalue weighted by molar-refractivity contribution is 5.91. The van der Waals surface area contributed by atoms with E-state index in [0.29, 0.717) is 11.3 Å². The largest absolute Gasteiger partial charge is 0.478 e. The van der Waals surface area contributed by atoms with Gasteiger partial charge in [-0.05, 0) is 23.8 Å². The monoisotopic (exact) mass is 287 g/mol. The van der Waals surface area contributed by atoms with Gasteiger partial charge in [0.25, 0.3) is 0 Å². The van der Waals surface area contributed by atoms with Gasteiger partial charge in [0.2, 0.25) is 5.91 Å². The van der Waals surface area contributed by atoms with Crippen molar-refractivity contribution < 1.29 is 27.9 Å². The van der Waals surface area contributed by atoms with Crippen molar-refractivity contribution in [2.24, 2.45) is 0 Å². The van der Waals surface area contributed by atoms with Crippen LogP contribution in [0.5, 0.6) is 0 Å². The molecule has 1 amide bonds.